The third-order valence-electron chi connectivity index (χ3n) is 1.59. The lowest BCUT2D eigenvalue weighted by Crippen LogP contribution is -1.66. The van der Waals surface area contributed by atoms with Crippen molar-refractivity contribution in [3.63, 3.8) is 0 Å². The first kappa shape index (κ1) is 10.8. The Morgan fingerprint density at radius 2 is 2.00 bits per heavy atom. The molecule has 0 spiro atoms. The average Bonchev–Trinajstić information content (AvgIpc) is 2.74. The molecule has 13 heavy (non-hydrogen) atoms. The second-order valence-corrected chi connectivity index (χ2v) is 5.01. The molecule has 0 amide bonds. The Balaban J connectivity index is 0.000000845. The van der Waals surface area contributed by atoms with E-state index in [-0.39, 0.29) is 6.15 Å². The lowest BCUT2D eigenvalue weighted by atomic mass is 10.4. The Labute approximate surface area is 90.4 Å². The summed E-state index contributed by atoms with van der Waals surface area (Å²) in [6.07, 6.45) is 2.12. The third-order valence-corrected chi connectivity index (χ3v) is 4.47. The van der Waals surface area contributed by atoms with Gasteiger partial charge in [0.2, 0.25) is 0 Å². The molecule has 0 saturated carbocycles. The van der Waals surface area contributed by atoms with Gasteiger partial charge in [-0.2, -0.15) is 0 Å². The van der Waals surface area contributed by atoms with E-state index in [0.29, 0.717) is 0 Å². The molecule has 0 fully saturated rings. The highest BCUT2D eigenvalue weighted by molar-refractivity contribution is 7.98. The van der Waals surface area contributed by atoms with Gasteiger partial charge in [-0.3, -0.25) is 0 Å². The van der Waals surface area contributed by atoms with Crippen LogP contribution in [-0.4, -0.2) is 6.26 Å². The van der Waals surface area contributed by atoms with Crippen molar-refractivity contribution in [2.45, 2.75) is 4.90 Å². The highest BCUT2D eigenvalue weighted by Gasteiger charge is 2.05. The summed E-state index contributed by atoms with van der Waals surface area (Å²) in [5.41, 5.74) is 0. The molecule has 2 heterocycles. The zero-order valence-electron chi connectivity index (χ0n) is 7.06. The Morgan fingerprint density at radius 3 is 2.62 bits per heavy atom. The molecule has 0 aliphatic heterocycles. The predicted octanol–water partition coefficient (Wildman–Crippen LogP) is 3.72. The maximum absolute atomic E-state index is 2.18. The van der Waals surface area contributed by atoms with Crippen molar-refractivity contribution in [1.29, 1.82) is 0 Å². The van der Waals surface area contributed by atoms with Gasteiger partial charge in [-0.1, -0.05) is 6.07 Å². The smallest absolute Gasteiger partial charge is 0.0578 e. The van der Waals surface area contributed by atoms with Crippen LogP contribution in [0.1, 0.15) is 0 Å². The molecule has 2 aromatic heterocycles. The second kappa shape index (κ2) is 4.81. The van der Waals surface area contributed by atoms with Crippen molar-refractivity contribution in [1.82, 2.24) is 6.15 Å². The van der Waals surface area contributed by atoms with Crippen LogP contribution in [0.25, 0.3) is 9.75 Å². The van der Waals surface area contributed by atoms with Gasteiger partial charge in [0, 0.05) is 15.9 Å². The molecule has 1 nitrogen and oxygen atoms in total. The number of hydrogen-bond donors (Lipinski definition) is 0. The molecule has 67 valence electrons. The van der Waals surface area contributed by atoms with E-state index in [0.717, 1.165) is 0 Å². The van der Waals surface area contributed by atoms with Crippen LogP contribution in [0, 0.1) is 0 Å². The molecule has 2 rings (SSSR count). The van der Waals surface area contributed by atoms with Crippen LogP contribution in [-0.2, 0) is 0 Å². The van der Waals surface area contributed by atoms with Gasteiger partial charge in [0.1, 0.15) is 0 Å². The molecule has 3 radical (unpaired) electrons. The molecule has 0 aliphatic carbocycles. The summed E-state index contributed by atoms with van der Waals surface area (Å²) in [7, 11) is 0. The van der Waals surface area contributed by atoms with Crippen LogP contribution in [0.15, 0.2) is 33.9 Å². The highest BCUT2D eigenvalue weighted by atomic mass is 32.2. The summed E-state index contributed by atoms with van der Waals surface area (Å²) < 4.78 is 0. The first-order valence-corrected chi connectivity index (χ1v) is 6.55. The fourth-order valence-electron chi connectivity index (χ4n) is 1.05. The Hall–Kier alpha value is -0.290. The first-order valence-electron chi connectivity index (χ1n) is 3.57. The van der Waals surface area contributed by atoms with Crippen LogP contribution >= 0.6 is 34.4 Å². The molecule has 0 atom stereocenters. The first-order chi connectivity index (χ1) is 5.92. The molecule has 0 aliphatic rings. The van der Waals surface area contributed by atoms with E-state index in [1.807, 2.05) is 34.4 Å². The van der Waals surface area contributed by atoms with E-state index in [2.05, 4.69) is 35.2 Å². The predicted molar refractivity (Wildman–Crippen MR) is 61.5 cm³/mol. The van der Waals surface area contributed by atoms with Crippen molar-refractivity contribution >= 4 is 34.4 Å². The minimum absolute atomic E-state index is 0. The Bertz CT molecular complexity index is 351. The maximum atomic E-state index is 2.18. The van der Waals surface area contributed by atoms with Crippen molar-refractivity contribution in [3.8, 4) is 9.75 Å². The van der Waals surface area contributed by atoms with Crippen LogP contribution in [0.3, 0.4) is 0 Å². The quantitative estimate of drug-likeness (QED) is 0.718. The molecule has 0 bridgehead atoms. The zero-order valence-corrected chi connectivity index (χ0v) is 9.51. The van der Waals surface area contributed by atoms with Gasteiger partial charge in [-0.15, -0.1) is 34.4 Å². The van der Waals surface area contributed by atoms with E-state index in [9.17, 15) is 0 Å². The van der Waals surface area contributed by atoms with Gasteiger partial charge in [0.25, 0.3) is 0 Å². The van der Waals surface area contributed by atoms with E-state index in [1.165, 1.54) is 14.6 Å². The van der Waals surface area contributed by atoms with Crippen LogP contribution in [0.2, 0.25) is 0 Å². The molecule has 0 saturated heterocycles. The van der Waals surface area contributed by atoms with Gasteiger partial charge in [0.15, 0.2) is 0 Å². The summed E-state index contributed by atoms with van der Waals surface area (Å²) in [5.74, 6) is 0. The molecular weight excluding hydrogens is 218 g/mol. The van der Waals surface area contributed by atoms with Gasteiger partial charge >= 0.3 is 0 Å². The molecule has 0 aromatic carbocycles. The van der Waals surface area contributed by atoms with Crippen LogP contribution in [0.4, 0.5) is 0 Å². The van der Waals surface area contributed by atoms with E-state index < -0.39 is 0 Å². The third kappa shape index (κ3) is 2.14. The number of rotatable bonds is 2. The SMILES string of the molecule is CSc1ccsc1-c1cccs1.[N]. The maximum Gasteiger partial charge on any atom is 0.0578 e. The van der Waals surface area contributed by atoms with Gasteiger partial charge in [-0.25, -0.2) is 0 Å². The molecule has 2 aromatic rings. The number of nitrogens with zero attached hydrogens (tertiary/aromatic N) is 1. The Morgan fingerprint density at radius 1 is 1.15 bits per heavy atom. The van der Waals surface area contributed by atoms with Crippen molar-refractivity contribution in [2.24, 2.45) is 0 Å². The molecular formula is C9H8NS3. The van der Waals surface area contributed by atoms with E-state index in [1.54, 1.807) is 0 Å². The van der Waals surface area contributed by atoms with Crippen molar-refractivity contribution in [3.05, 3.63) is 29.0 Å². The average molecular weight is 226 g/mol. The molecule has 0 N–H and O–H groups in total. The van der Waals surface area contributed by atoms with Gasteiger partial charge in [0.05, 0.1) is 4.88 Å². The molecule has 0 unspecified atom stereocenters. The van der Waals surface area contributed by atoms with Gasteiger partial charge < -0.3 is 0 Å². The van der Waals surface area contributed by atoms with Gasteiger partial charge in [-0.05, 0) is 29.1 Å². The van der Waals surface area contributed by atoms with Crippen molar-refractivity contribution in [2.75, 3.05) is 6.26 Å². The largest absolute Gasteiger partial charge is 0.143 e. The summed E-state index contributed by atoms with van der Waals surface area (Å²) in [4.78, 5) is 4.19. The Kier molecular flexibility index (Phi) is 3.99. The number of thioether (sulfide) groups is 1. The summed E-state index contributed by atoms with van der Waals surface area (Å²) in [6, 6.07) is 6.46. The topological polar surface area (TPSA) is 30.5 Å². The van der Waals surface area contributed by atoms with Crippen LogP contribution in [0.5, 0.6) is 0 Å². The lowest BCUT2D eigenvalue weighted by molar-refractivity contribution is 1.60. The normalized spacial score (nSPS) is 9.62. The van der Waals surface area contributed by atoms with E-state index in [4.69, 9.17) is 0 Å². The minimum Gasteiger partial charge on any atom is -0.143 e. The standard InChI is InChI=1S/C9H8S3.N/c1-10-7-4-6-12-9(7)8-3-2-5-11-8;/h2-6H,1H3;. The molecule has 4 heteroatoms. The summed E-state index contributed by atoms with van der Waals surface area (Å²) in [6.45, 7) is 0. The van der Waals surface area contributed by atoms with Crippen LogP contribution < -0.4 is 6.15 Å². The fourth-order valence-corrected chi connectivity index (χ4v) is 3.77. The van der Waals surface area contributed by atoms with E-state index >= 15 is 0 Å². The van der Waals surface area contributed by atoms with Crippen molar-refractivity contribution < 1.29 is 0 Å². The fraction of sp³-hybridized carbons (Fsp3) is 0.111. The minimum atomic E-state index is 0. The zero-order chi connectivity index (χ0) is 8.39. The summed E-state index contributed by atoms with van der Waals surface area (Å²) >= 11 is 5.45. The monoisotopic (exact) mass is 226 g/mol. The number of hydrogen-bond acceptors (Lipinski definition) is 3. The number of thiophene rings is 2. The second-order valence-electron chi connectivity index (χ2n) is 2.30. The summed E-state index contributed by atoms with van der Waals surface area (Å²) in [5, 5.41) is 4.28. The highest BCUT2D eigenvalue weighted by Crippen LogP contribution is 2.37. The lowest BCUT2D eigenvalue weighted by Gasteiger charge is -1.95.